The maximum atomic E-state index is 2.42. The number of aryl methyl sites for hydroxylation is 1. The molecule has 0 bridgehead atoms. The van der Waals surface area contributed by atoms with Crippen molar-refractivity contribution in [3.8, 4) is 22.3 Å². The zero-order valence-corrected chi connectivity index (χ0v) is 33.9. The molecule has 0 spiro atoms. The molecular weight excluding hydrogens is 737 g/mol. The van der Waals surface area contributed by atoms with E-state index in [9.17, 15) is 0 Å². The molecular formula is C59H42N2. The van der Waals surface area contributed by atoms with Crippen LogP contribution in [0.1, 0.15) is 5.56 Å². The summed E-state index contributed by atoms with van der Waals surface area (Å²) in [5.74, 6) is 0. The van der Waals surface area contributed by atoms with Gasteiger partial charge in [-0.05, 0) is 163 Å². The molecule has 0 saturated carbocycles. The van der Waals surface area contributed by atoms with Crippen LogP contribution in [-0.4, -0.2) is 0 Å². The van der Waals surface area contributed by atoms with Gasteiger partial charge in [-0.3, -0.25) is 0 Å². The molecule has 11 aromatic carbocycles. The van der Waals surface area contributed by atoms with Crippen LogP contribution in [0.2, 0.25) is 0 Å². The third kappa shape index (κ3) is 6.65. The Balaban J connectivity index is 1.27. The number of fused-ring (bicyclic) bond motifs is 4. The molecule has 0 aliphatic heterocycles. The van der Waals surface area contributed by atoms with Crippen molar-refractivity contribution in [1.29, 1.82) is 0 Å². The Kier molecular flexibility index (Phi) is 9.09. The summed E-state index contributed by atoms with van der Waals surface area (Å²) in [5, 5.41) is 9.71. The van der Waals surface area contributed by atoms with E-state index in [1.54, 1.807) is 0 Å². The summed E-state index contributed by atoms with van der Waals surface area (Å²) in [6.07, 6.45) is 0. The van der Waals surface area contributed by atoms with Gasteiger partial charge in [-0.2, -0.15) is 0 Å². The summed E-state index contributed by atoms with van der Waals surface area (Å²) in [6, 6.07) is 86.4. The first-order valence-electron chi connectivity index (χ1n) is 21.0. The first-order chi connectivity index (χ1) is 30.2. The van der Waals surface area contributed by atoms with E-state index in [2.05, 4.69) is 253 Å². The lowest BCUT2D eigenvalue weighted by molar-refractivity contribution is 1.28. The zero-order chi connectivity index (χ0) is 40.7. The highest BCUT2D eigenvalue weighted by Crippen LogP contribution is 2.49. The molecule has 0 aliphatic carbocycles. The van der Waals surface area contributed by atoms with Crippen LogP contribution in [0, 0.1) is 6.92 Å². The average molecular weight is 779 g/mol. The normalized spacial score (nSPS) is 11.4. The minimum atomic E-state index is 1.10. The van der Waals surface area contributed by atoms with E-state index in [-0.39, 0.29) is 0 Å². The number of hydrogen-bond donors (Lipinski definition) is 0. The number of rotatable bonds is 8. The highest BCUT2D eigenvalue weighted by Gasteiger charge is 2.22. The fourth-order valence-corrected chi connectivity index (χ4v) is 9.19. The van der Waals surface area contributed by atoms with Crippen molar-refractivity contribution in [3.63, 3.8) is 0 Å². The largest absolute Gasteiger partial charge is 0.310 e. The zero-order valence-electron chi connectivity index (χ0n) is 33.9. The lowest BCUT2D eigenvalue weighted by Gasteiger charge is -2.28. The van der Waals surface area contributed by atoms with Gasteiger partial charge in [-0.25, -0.2) is 0 Å². The van der Waals surface area contributed by atoms with Crippen LogP contribution in [-0.2, 0) is 0 Å². The van der Waals surface area contributed by atoms with Crippen LogP contribution in [0.25, 0.3) is 65.3 Å². The second-order valence-corrected chi connectivity index (χ2v) is 15.9. The highest BCUT2D eigenvalue weighted by atomic mass is 15.1. The fourth-order valence-electron chi connectivity index (χ4n) is 9.19. The van der Waals surface area contributed by atoms with Crippen molar-refractivity contribution >= 4 is 77.2 Å². The van der Waals surface area contributed by atoms with Gasteiger partial charge >= 0.3 is 0 Å². The third-order valence-electron chi connectivity index (χ3n) is 12.0. The summed E-state index contributed by atoms with van der Waals surface area (Å²) in [5.41, 5.74) is 12.7. The van der Waals surface area contributed by atoms with Gasteiger partial charge in [-0.15, -0.1) is 0 Å². The molecule has 11 rings (SSSR count). The van der Waals surface area contributed by atoms with Crippen LogP contribution in [0.3, 0.4) is 0 Å². The Bertz CT molecular complexity index is 3330. The van der Waals surface area contributed by atoms with Crippen molar-refractivity contribution in [2.75, 3.05) is 9.80 Å². The predicted molar refractivity (Wildman–Crippen MR) is 261 cm³/mol. The highest BCUT2D eigenvalue weighted by molar-refractivity contribution is 6.23. The number of anilines is 6. The van der Waals surface area contributed by atoms with Crippen LogP contribution < -0.4 is 9.80 Å². The molecule has 288 valence electrons. The summed E-state index contributed by atoms with van der Waals surface area (Å²) in [7, 11) is 0. The van der Waals surface area contributed by atoms with Gasteiger partial charge in [0.1, 0.15) is 0 Å². The lowest BCUT2D eigenvalue weighted by atomic mass is 9.84. The molecule has 61 heavy (non-hydrogen) atoms. The third-order valence-corrected chi connectivity index (χ3v) is 12.0. The molecule has 11 aromatic rings. The summed E-state index contributed by atoms with van der Waals surface area (Å²) >= 11 is 0. The van der Waals surface area contributed by atoms with E-state index in [0.717, 1.165) is 34.1 Å². The second-order valence-electron chi connectivity index (χ2n) is 15.9. The minimum Gasteiger partial charge on any atom is -0.310 e. The number of benzene rings is 11. The predicted octanol–water partition coefficient (Wildman–Crippen LogP) is 16.9. The maximum Gasteiger partial charge on any atom is 0.0468 e. The first-order valence-corrected chi connectivity index (χ1v) is 21.0. The average Bonchev–Trinajstić information content (AvgIpc) is 3.32. The monoisotopic (exact) mass is 778 g/mol. The number of nitrogens with zero attached hydrogens (tertiary/aromatic N) is 2. The van der Waals surface area contributed by atoms with Gasteiger partial charge in [0.25, 0.3) is 0 Å². The molecule has 2 nitrogen and oxygen atoms in total. The van der Waals surface area contributed by atoms with Crippen molar-refractivity contribution in [3.05, 3.63) is 242 Å². The van der Waals surface area contributed by atoms with Gasteiger partial charge in [0, 0.05) is 34.1 Å². The summed E-state index contributed by atoms with van der Waals surface area (Å²) in [4.78, 5) is 4.75. The Morgan fingerprint density at radius 1 is 0.246 bits per heavy atom. The van der Waals surface area contributed by atoms with E-state index < -0.39 is 0 Å². The van der Waals surface area contributed by atoms with Crippen molar-refractivity contribution in [2.24, 2.45) is 0 Å². The SMILES string of the molecule is Cc1cccc(N(c2ccccc2)c2ccc3c(-c4ccc5ccccc5c4)c4cc(N(c5ccccc5)c5ccccc5)ccc4c(-c4ccc5ccccc5c4)c3c2)c1. The van der Waals surface area contributed by atoms with Crippen LogP contribution in [0.15, 0.2) is 237 Å². The standard InChI is InChI=1S/C59H42N2/c1-41-16-15-27-51(36-41)61(50-25-9-4-10-26-50)53-33-35-55-57(40-53)59(47-31-29-43-18-12-14-20-45(43)38-47)54-34-32-52(60(48-21-5-2-6-22-48)49-23-7-3-8-24-49)39-56(54)58(55)46-30-28-42-17-11-13-19-44(42)37-46/h2-40H,1H3. The molecule has 0 radical (unpaired) electrons. The molecule has 0 fully saturated rings. The molecule has 0 atom stereocenters. The van der Waals surface area contributed by atoms with Crippen molar-refractivity contribution in [1.82, 2.24) is 0 Å². The van der Waals surface area contributed by atoms with E-state index in [0.29, 0.717) is 0 Å². The first kappa shape index (κ1) is 36.2. The van der Waals surface area contributed by atoms with Crippen LogP contribution in [0.4, 0.5) is 34.1 Å². The molecule has 0 amide bonds. The molecule has 0 heterocycles. The smallest absolute Gasteiger partial charge is 0.0468 e. The van der Waals surface area contributed by atoms with Gasteiger partial charge < -0.3 is 9.80 Å². The molecule has 2 heteroatoms. The number of hydrogen-bond acceptors (Lipinski definition) is 2. The Morgan fingerprint density at radius 2 is 0.623 bits per heavy atom. The van der Waals surface area contributed by atoms with E-state index in [1.807, 2.05) is 0 Å². The van der Waals surface area contributed by atoms with Gasteiger partial charge in [0.2, 0.25) is 0 Å². The van der Waals surface area contributed by atoms with E-state index in [4.69, 9.17) is 0 Å². The fraction of sp³-hybridized carbons (Fsp3) is 0.0169. The van der Waals surface area contributed by atoms with Gasteiger partial charge in [0.15, 0.2) is 0 Å². The summed E-state index contributed by atoms with van der Waals surface area (Å²) < 4.78 is 0. The minimum absolute atomic E-state index is 1.10. The molecule has 0 N–H and O–H groups in total. The van der Waals surface area contributed by atoms with Crippen molar-refractivity contribution < 1.29 is 0 Å². The second kappa shape index (κ2) is 15.3. The molecule has 0 unspecified atom stereocenters. The Hall–Kier alpha value is -7.94. The van der Waals surface area contributed by atoms with Gasteiger partial charge in [-0.1, -0.05) is 152 Å². The Labute approximate surface area is 356 Å². The Morgan fingerprint density at radius 3 is 1.07 bits per heavy atom. The van der Waals surface area contributed by atoms with E-state index in [1.165, 1.54) is 70.9 Å². The maximum absolute atomic E-state index is 2.42. The molecule has 0 aromatic heterocycles. The van der Waals surface area contributed by atoms with Crippen LogP contribution >= 0.6 is 0 Å². The van der Waals surface area contributed by atoms with E-state index >= 15 is 0 Å². The lowest BCUT2D eigenvalue weighted by Crippen LogP contribution is -2.10. The quantitative estimate of drug-likeness (QED) is 0.142. The molecule has 0 saturated heterocycles. The topological polar surface area (TPSA) is 6.48 Å². The summed E-state index contributed by atoms with van der Waals surface area (Å²) in [6.45, 7) is 2.16. The van der Waals surface area contributed by atoms with Crippen molar-refractivity contribution in [2.45, 2.75) is 6.92 Å². The van der Waals surface area contributed by atoms with Crippen LogP contribution in [0.5, 0.6) is 0 Å². The van der Waals surface area contributed by atoms with Gasteiger partial charge in [0.05, 0.1) is 0 Å². The molecule has 0 aliphatic rings. The number of para-hydroxylation sites is 3.